The van der Waals surface area contributed by atoms with Crippen molar-refractivity contribution in [3.63, 3.8) is 0 Å². The van der Waals surface area contributed by atoms with Gasteiger partial charge < -0.3 is 19.8 Å². The molecule has 128 valence electrons. The Morgan fingerprint density at radius 2 is 2.00 bits per heavy atom. The van der Waals surface area contributed by atoms with E-state index in [1.54, 1.807) is 38.5 Å². The van der Waals surface area contributed by atoms with Crippen LogP contribution in [-0.4, -0.2) is 23.0 Å². The molecule has 0 fully saturated rings. The van der Waals surface area contributed by atoms with Crippen LogP contribution in [0.5, 0.6) is 5.75 Å². The fourth-order valence-corrected chi connectivity index (χ4v) is 2.24. The van der Waals surface area contributed by atoms with Gasteiger partial charge in [0.1, 0.15) is 28.8 Å². The summed E-state index contributed by atoms with van der Waals surface area (Å²) < 4.78 is 10.3. The minimum absolute atomic E-state index is 0.287. The number of hydrogen-bond donors (Lipinski definition) is 2. The number of carbonyl (C=O) groups is 1. The highest BCUT2D eigenvalue weighted by molar-refractivity contribution is 5.93. The maximum atomic E-state index is 12.3. The number of benzene rings is 1. The van der Waals surface area contributed by atoms with Gasteiger partial charge >= 0.3 is 0 Å². The number of amides is 1. The number of ether oxygens (including phenoxy) is 1. The van der Waals surface area contributed by atoms with Gasteiger partial charge in [-0.25, -0.2) is 9.97 Å². The first-order valence-corrected chi connectivity index (χ1v) is 7.71. The van der Waals surface area contributed by atoms with Crippen LogP contribution in [-0.2, 0) is 6.54 Å². The molecular weight excluding hydrogens is 320 g/mol. The molecule has 25 heavy (non-hydrogen) atoms. The number of anilines is 2. The zero-order valence-corrected chi connectivity index (χ0v) is 13.9. The Hall–Kier alpha value is -3.35. The molecular formula is C18H18N4O3. The predicted molar refractivity (Wildman–Crippen MR) is 92.9 cm³/mol. The lowest BCUT2D eigenvalue weighted by atomic mass is 10.3. The van der Waals surface area contributed by atoms with E-state index >= 15 is 0 Å². The van der Waals surface area contributed by atoms with Gasteiger partial charge in [-0.05, 0) is 43.3 Å². The first-order valence-electron chi connectivity index (χ1n) is 7.71. The van der Waals surface area contributed by atoms with Crippen molar-refractivity contribution in [1.29, 1.82) is 0 Å². The molecule has 2 N–H and O–H groups in total. The zero-order valence-electron chi connectivity index (χ0n) is 13.9. The second-order valence-electron chi connectivity index (χ2n) is 5.30. The highest BCUT2D eigenvalue weighted by Crippen LogP contribution is 2.19. The molecule has 1 amide bonds. The Morgan fingerprint density at radius 3 is 2.68 bits per heavy atom. The molecule has 0 aliphatic rings. The number of methoxy groups -OCH3 is 1. The number of furan rings is 1. The lowest BCUT2D eigenvalue weighted by Gasteiger charge is -2.09. The van der Waals surface area contributed by atoms with Crippen molar-refractivity contribution in [2.24, 2.45) is 0 Å². The van der Waals surface area contributed by atoms with Crippen molar-refractivity contribution in [3.05, 3.63) is 66.0 Å². The van der Waals surface area contributed by atoms with E-state index in [2.05, 4.69) is 20.6 Å². The monoisotopic (exact) mass is 338 g/mol. The van der Waals surface area contributed by atoms with E-state index in [0.29, 0.717) is 23.9 Å². The number of rotatable bonds is 6. The van der Waals surface area contributed by atoms with E-state index in [1.807, 2.05) is 24.3 Å². The van der Waals surface area contributed by atoms with E-state index in [4.69, 9.17) is 9.15 Å². The molecule has 0 aliphatic heterocycles. The summed E-state index contributed by atoms with van der Waals surface area (Å²) >= 11 is 0. The topological polar surface area (TPSA) is 89.3 Å². The van der Waals surface area contributed by atoms with Crippen molar-refractivity contribution >= 4 is 17.4 Å². The molecule has 2 aromatic heterocycles. The average molecular weight is 338 g/mol. The van der Waals surface area contributed by atoms with Gasteiger partial charge in [-0.1, -0.05) is 0 Å². The fourth-order valence-electron chi connectivity index (χ4n) is 2.24. The molecule has 3 rings (SSSR count). The fraction of sp³-hybridized carbons (Fsp3) is 0.167. The van der Waals surface area contributed by atoms with Crippen LogP contribution in [0.25, 0.3) is 0 Å². The SMILES string of the molecule is COc1ccc(Nc2cc(C(=O)NCc3ccco3)nc(C)n2)cc1. The van der Waals surface area contributed by atoms with Crippen LogP contribution >= 0.6 is 0 Å². The number of hydrogen-bond acceptors (Lipinski definition) is 6. The number of carbonyl (C=O) groups excluding carboxylic acids is 1. The van der Waals surface area contributed by atoms with Crippen LogP contribution in [0, 0.1) is 6.92 Å². The van der Waals surface area contributed by atoms with Crippen LogP contribution in [0.15, 0.2) is 53.1 Å². The van der Waals surface area contributed by atoms with Gasteiger partial charge in [0.15, 0.2) is 0 Å². The molecule has 0 saturated carbocycles. The molecule has 0 atom stereocenters. The van der Waals surface area contributed by atoms with Crippen LogP contribution in [0.3, 0.4) is 0 Å². The molecule has 3 aromatic rings. The summed E-state index contributed by atoms with van der Waals surface area (Å²) in [5.41, 5.74) is 1.12. The second-order valence-corrected chi connectivity index (χ2v) is 5.30. The average Bonchev–Trinajstić information content (AvgIpc) is 3.13. The van der Waals surface area contributed by atoms with Crippen LogP contribution in [0.2, 0.25) is 0 Å². The first kappa shape index (κ1) is 16.5. The van der Waals surface area contributed by atoms with Crippen molar-refractivity contribution in [3.8, 4) is 5.75 Å². The zero-order chi connectivity index (χ0) is 17.6. The summed E-state index contributed by atoms with van der Waals surface area (Å²) in [6.07, 6.45) is 1.56. The maximum Gasteiger partial charge on any atom is 0.270 e. The van der Waals surface area contributed by atoms with Crippen LogP contribution < -0.4 is 15.4 Å². The third-order valence-corrected chi connectivity index (χ3v) is 3.44. The second kappa shape index (κ2) is 7.48. The number of aryl methyl sites for hydroxylation is 1. The molecule has 0 bridgehead atoms. The molecule has 1 aromatic carbocycles. The van der Waals surface area contributed by atoms with Gasteiger partial charge in [-0.15, -0.1) is 0 Å². The largest absolute Gasteiger partial charge is 0.497 e. The molecule has 7 heteroatoms. The first-order chi connectivity index (χ1) is 12.1. The van der Waals surface area contributed by atoms with E-state index in [0.717, 1.165) is 11.4 Å². The highest BCUT2D eigenvalue weighted by Gasteiger charge is 2.11. The molecule has 0 radical (unpaired) electrons. The quantitative estimate of drug-likeness (QED) is 0.718. The Labute approximate surface area is 145 Å². The summed E-state index contributed by atoms with van der Waals surface area (Å²) in [5.74, 6) is 2.19. The third-order valence-electron chi connectivity index (χ3n) is 3.44. The third kappa shape index (κ3) is 4.35. The number of nitrogens with zero attached hydrogens (tertiary/aromatic N) is 2. The minimum Gasteiger partial charge on any atom is -0.497 e. The van der Waals surface area contributed by atoms with E-state index < -0.39 is 0 Å². The van der Waals surface area contributed by atoms with Gasteiger partial charge in [0, 0.05) is 11.8 Å². The standard InChI is InChI=1S/C18H18N4O3/c1-12-20-16(18(23)19-11-15-4-3-9-25-15)10-17(21-12)22-13-5-7-14(24-2)8-6-13/h3-10H,11H2,1-2H3,(H,19,23)(H,20,21,22). The summed E-state index contributed by atoms with van der Waals surface area (Å²) in [4.78, 5) is 20.8. The highest BCUT2D eigenvalue weighted by atomic mass is 16.5. The summed E-state index contributed by atoms with van der Waals surface area (Å²) in [7, 11) is 1.61. The smallest absolute Gasteiger partial charge is 0.270 e. The van der Waals surface area contributed by atoms with Gasteiger partial charge in [0.2, 0.25) is 0 Å². The Morgan fingerprint density at radius 1 is 1.20 bits per heavy atom. The number of nitrogens with one attached hydrogen (secondary N) is 2. The maximum absolute atomic E-state index is 12.3. The van der Waals surface area contributed by atoms with Crippen molar-refractivity contribution in [1.82, 2.24) is 15.3 Å². The lowest BCUT2D eigenvalue weighted by Crippen LogP contribution is -2.24. The van der Waals surface area contributed by atoms with E-state index in [1.165, 1.54) is 0 Å². The Bertz CT molecular complexity index is 845. The molecule has 2 heterocycles. The van der Waals surface area contributed by atoms with Crippen LogP contribution in [0.1, 0.15) is 22.1 Å². The summed E-state index contributed by atoms with van der Waals surface area (Å²) in [6, 6.07) is 12.6. The Balaban J connectivity index is 1.71. The van der Waals surface area contributed by atoms with Crippen molar-refractivity contribution in [2.45, 2.75) is 13.5 Å². The lowest BCUT2D eigenvalue weighted by molar-refractivity contribution is 0.0942. The van der Waals surface area contributed by atoms with E-state index in [-0.39, 0.29) is 11.6 Å². The summed E-state index contributed by atoms with van der Waals surface area (Å²) in [5, 5.41) is 5.92. The molecule has 0 unspecified atom stereocenters. The number of aromatic nitrogens is 2. The normalized spacial score (nSPS) is 10.3. The molecule has 0 spiro atoms. The van der Waals surface area contributed by atoms with Crippen molar-refractivity contribution in [2.75, 3.05) is 12.4 Å². The van der Waals surface area contributed by atoms with Crippen LogP contribution in [0.4, 0.5) is 11.5 Å². The van der Waals surface area contributed by atoms with E-state index in [9.17, 15) is 4.79 Å². The summed E-state index contributed by atoms with van der Waals surface area (Å²) in [6.45, 7) is 2.04. The molecule has 0 saturated heterocycles. The predicted octanol–water partition coefficient (Wildman–Crippen LogP) is 3.06. The minimum atomic E-state index is -0.292. The van der Waals surface area contributed by atoms with Gasteiger partial charge in [-0.3, -0.25) is 4.79 Å². The van der Waals surface area contributed by atoms with Gasteiger partial charge in [0.05, 0.1) is 19.9 Å². The van der Waals surface area contributed by atoms with Gasteiger partial charge in [-0.2, -0.15) is 0 Å². The van der Waals surface area contributed by atoms with Gasteiger partial charge in [0.25, 0.3) is 5.91 Å². The Kier molecular flexibility index (Phi) is 4.94. The molecule has 7 nitrogen and oxygen atoms in total. The van der Waals surface area contributed by atoms with Crippen molar-refractivity contribution < 1.29 is 13.9 Å². The molecule has 0 aliphatic carbocycles.